The first-order chi connectivity index (χ1) is 12.7. The molecule has 2 atom stereocenters. The van der Waals surface area contributed by atoms with Gasteiger partial charge in [-0.3, -0.25) is 4.79 Å². The second kappa shape index (κ2) is 8.68. The van der Waals surface area contributed by atoms with Crippen molar-refractivity contribution in [3.05, 3.63) is 42.1 Å². The molecule has 136 valence electrons. The minimum atomic E-state index is 0.116. The fourth-order valence-electron chi connectivity index (χ4n) is 3.51. The number of hydrogen-bond donors (Lipinski definition) is 1. The lowest BCUT2D eigenvalue weighted by molar-refractivity contribution is -0.131. The van der Waals surface area contributed by atoms with E-state index in [4.69, 9.17) is 10.9 Å². The van der Waals surface area contributed by atoms with Crippen molar-refractivity contribution in [1.29, 1.82) is 0 Å². The fourth-order valence-corrected chi connectivity index (χ4v) is 3.51. The smallest absolute Gasteiger partial charge is 0.223 e. The Balaban J connectivity index is 1.64. The maximum atomic E-state index is 12.4. The van der Waals surface area contributed by atoms with Gasteiger partial charge in [0.05, 0.1) is 12.2 Å². The number of piperidine rings is 1. The summed E-state index contributed by atoms with van der Waals surface area (Å²) >= 11 is 0. The van der Waals surface area contributed by atoms with E-state index >= 15 is 0 Å². The zero-order valence-electron chi connectivity index (χ0n) is 15.1. The lowest BCUT2D eigenvalue weighted by Crippen LogP contribution is -2.40. The summed E-state index contributed by atoms with van der Waals surface area (Å²) < 4.78 is 5.51. The van der Waals surface area contributed by atoms with Crippen LogP contribution in [0.4, 0.5) is 0 Å². The van der Waals surface area contributed by atoms with Gasteiger partial charge in [-0.1, -0.05) is 41.4 Å². The molecule has 26 heavy (non-hydrogen) atoms. The van der Waals surface area contributed by atoms with E-state index < -0.39 is 0 Å². The Bertz CT molecular complexity index is 763. The van der Waals surface area contributed by atoms with Gasteiger partial charge in [-0.15, -0.1) is 6.42 Å². The highest BCUT2D eigenvalue weighted by Gasteiger charge is 2.29. The standard InChI is InChI=1S/C21H25N3O2/c1-3-11-24(2)21(25)13-17-9-10-22-15-18(17)12-19-14-20(26-23-19)16-7-5-4-6-8-16/h1,4-8,14,17-18,22H,9-13,15H2,2H3. The van der Waals surface area contributed by atoms with Crippen molar-refractivity contribution >= 4 is 5.91 Å². The second-order valence-corrected chi connectivity index (χ2v) is 6.92. The minimum Gasteiger partial charge on any atom is -0.356 e. The number of aromatic nitrogens is 1. The van der Waals surface area contributed by atoms with Gasteiger partial charge < -0.3 is 14.7 Å². The Hall–Kier alpha value is -2.58. The van der Waals surface area contributed by atoms with E-state index in [2.05, 4.69) is 16.4 Å². The molecule has 2 heterocycles. The van der Waals surface area contributed by atoms with Crippen molar-refractivity contribution in [3.8, 4) is 23.7 Å². The first-order valence-electron chi connectivity index (χ1n) is 9.06. The molecule has 2 aromatic rings. The van der Waals surface area contributed by atoms with E-state index in [1.54, 1.807) is 11.9 Å². The number of benzene rings is 1. The van der Waals surface area contributed by atoms with E-state index in [0.29, 0.717) is 24.8 Å². The Morgan fingerprint density at radius 2 is 2.19 bits per heavy atom. The average Bonchev–Trinajstić information content (AvgIpc) is 3.13. The third-order valence-electron chi connectivity index (χ3n) is 5.04. The van der Waals surface area contributed by atoms with Crippen LogP contribution in [0, 0.1) is 24.2 Å². The normalized spacial score (nSPS) is 19.7. The Morgan fingerprint density at radius 1 is 1.38 bits per heavy atom. The molecule has 3 rings (SSSR count). The molecule has 1 saturated heterocycles. The van der Waals surface area contributed by atoms with Crippen molar-refractivity contribution in [2.24, 2.45) is 11.8 Å². The fraction of sp³-hybridized carbons (Fsp3) is 0.429. The predicted octanol–water partition coefficient (Wildman–Crippen LogP) is 2.59. The molecule has 1 aliphatic heterocycles. The molecule has 1 aromatic carbocycles. The van der Waals surface area contributed by atoms with Crippen LogP contribution in [0.1, 0.15) is 18.5 Å². The minimum absolute atomic E-state index is 0.116. The highest BCUT2D eigenvalue weighted by atomic mass is 16.5. The van der Waals surface area contributed by atoms with Gasteiger partial charge >= 0.3 is 0 Å². The lowest BCUT2D eigenvalue weighted by atomic mass is 9.81. The number of rotatable bonds is 6. The van der Waals surface area contributed by atoms with Crippen LogP contribution in [0.5, 0.6) is 0 Å². The molecule has 0 radical (unpaired) electrons. The molecular formula is C21H25N3O2. The molecule has 2 unspecified atom stereocenters. The van der Waals surface area contributed by atoms with Crippen molar-refractivity contribution in [3.63, 3.8) is 0 Å². The third kappa shape index (κ3) is 4.53. The van der Waals surface area contributed by atoms with Crippen LogP contribution in [0.25, 0.3) is 11.3 Å². The number of amides is 1. The van der Waals surface area contributed by atoms with Crippen LogP contribution < -0.4 is 5.32 Å². The summed E-state index contributed by atoms with van der Waals surface area (Å²) in [6, 6.07) is 12.0. The van der Waals surface area contributed by atoms with Gasteiger partial charge in [0.1, 0.15) is 0 Å². The zero-order valence-corrected chi connectivity index (χ0v) is 15.1. The van der Waals surface area contributed by atoms with Gasteiger partial charge in [-0.05, 0) is 37.8 Å². The van der Waals surface area contributed by atoms with Crippen LogP contribution in [0.15, 0.2) is 40.9 Å². The van der Waals surface area contributed by atoms with Crippen LogP contribution in [0.3, 0.4) is 0 Å². The zero-order chi connectivity index (χ0) is 18.4. The molecule has 5 heteroatoms. The van der Waals surface area contributed by atoms with Gasteiger partial charge in [0.2, 0.25) is 5.91 Å². The summed E-state index contributed by atoms with van der Waals surface area (Å²) in [5.74, 6) is 4.12. The van der Waals surface area contributed by atoms with Gasteiger partial charge in [0, 0.05) is 25.1 Å². The first-order valence-corrected chi connectivity index (χ1v) is 9.06. The molecule has 0 spiro atoms. The number of carbonyl (C=O) groups is 1. The predicted molar refractivity (Wildman–Crippen MR) is 101 cm³/mol. The quantitative estimate of drug-likeness (QED) is 0.813. The Labute approximate surface area is 154 Å². The highest BCUT2D eigenvalue weighted by molar-refractivity contribution is 5.76. The molecule has 1 aromatic heterocycles. The molecule has 0 saturated carbocycles. The maximum absolute atomic E-state index is 12.4. The lowest BCUT2D eigenvalue weighted by Gasteiger charge is -2.32. The topological polar surface area (TPSA) is 58.4 Å². The molecule has 1 fully saturated rings. The second-order valence-electron chi connectivity index (χ2n) is 6.92. The van der Waals surface area contributed by atoms with Gasteiger partial charge in [0.15, 0.2) is 5.76 Å². The van der Waals surface area contributed by atoms with E-state index in [1.165, 1.54) is 0 Å². The molecule has 5 nitrogen and oxygen atoms in total. The highest BCUT2D eigenvalue weighted by Crippen LogP contribution is 2.28. The average molecular weight is 351 g/mol. The summed E-state index contributed by atoms with van der Waals surface area (Å²) in [5, 5.41) is 7.68. The van der Waals surface area contributed by atoms with Crippen molar-refractivity contribution in [2.45, 2.75) is 19.3 Å². The van der Waals surface area contributed by atoms with Crippen molar-refractivity contribution in [1.82, 2.24) is 15.4 Å². The summed E-state index contributed by atoms with van der Waals surface area (Å²) in [5.41, 5.74) is 1.96. The van der Waals surface area contributed by atoms with Crippen LogP contribution >= 0.6 is 0 Å². The molecular weight excluding hydrogens is 326 g/mol. The number of hydrogen-bond acceptors (Lipinski definition) is 4. The summed E-state index contributed by atoms with van der Waals surface area (Å²) in [6.07, 6.45) is 7.64. The van der Waals surface area contributed by atoms with Crippen LogP contribution in [-0.2, 0) is 11.2 Å². The maximum Gasteiger partial charge on any atom is 0.223 e. The first kappa shape index (κ1) is 18.2. The van der Waals surface area contributed by atoms with Crippen molar-refractivity contribution < 1.29 is 9.32 Å². The molecule has 1 amide bonds. The van der Waals surface area contributed by atoms with E-state index in [-0.39, 0.29) is 5.91 Å². The number of terminal acetylenes is 1. The largest absolute Gasteiger partial charge is 0.356 e. The van der Waals surface area contributed by atoms with E-state index in [9.17, 15) is 4.79 Å². The summed E-state index contributed by atoms with van der Waals surface area (Å²) in [7, 11) is 1.77. The number of nitrogens with one attached hydrogen (secondary N) is 1. The van der Waals surface area contributed by atoms with E-state index in [1.807, 2.05) is 36.4 Å². The van der Waals surface area contributed by atoms with Crippen LogP contribution in [0.2, 0.25) is 0 Å². The molecule has 0 bridgehead atoms. The van der Waals surface area contributed by atoms with Gasteiger partial charge in [-0.25, -0.2) is 0 Å². The molecule has 1 N–H and O–H groups in total. The number of carbonyl (C=O) groups excluding carboxylic acids is 1. The van der Waals surface area contributed by atoms with Gasteiger partial charge in [0.25, 0.3) is 0 Å². The molecule has 0 aliphatic carbocycles. The molecule has 1 aliphatic rings. The Morgan fingerprint density at radius 3 is 2.96 bits per heavy atom. The Kier molecular flexibility index (Phi) is 6.08. The summed E-state index contributed by atoms with van der Waals surface area (Å²) in [4.78, 5) is 14.0. The SMILES string of the molecule is C#CCN(C)C(=O)CC1CCNCC1Cc1cc(-c2ccccc2)on1. The van der Waals surface area contributed by atoms with Crippen LogP contribution in [-0.4, -0.2) is 42.6 Å². The van der Waals surface area contributed by atoms with Gasteiger partial charge in [-0.2, -0.15) is 0 Å². The monoisotopic (exact) mass is 351 g/mol. The third-order valence-corrected chi connectivity index (χ3v) is 5.04. The summed E-state index contributed by atoms with van der Waals surface area (Å²) in [6.45, 7) is 2.20. The van der Waals surface area contributed by atoms with Crippen molar-refractivity contribution in [2.75, 3.05) is 26.7 Å². The number of nitrogens with zero attached hydrogens (tertiary/aromatic N) is 2. The van der Waals surface area contributed by atoms with E-state index in [0.717, 1.165) is 42.9 Å².